The number of benzene rings is 2. The van der Waals surface area contributed by atoms with Crippen LogP contribution in [0.15, 0.2) is 24.3 Å². The SMILES string of the molecule is COc1cc2c(cc1OC)NCC(C(=O)CCN(C)CC1Cc3cc(OC)c(OC)cc31)CC2. The Kier molecular flexibility index (Phi) is 7.51. The van der Waals surface area contributed by atoms with Gasteiger partial charge in [0.05, 0.1) is 28.4 Å². The summed E-state index contributed by atoms with van der Waals surface area (Å²) in [5, 5.41) is 3.46. The van der Waals surface area contributed by atoms with Gasteiger partial charge in [0.2, 0.25) is 0 Å². The monoisotopic (exact) mass is 468 g/mol. The van der Waals surface area contributed by atoms with Gasteiger partial charge in [0.15, 0.2) is 23.0 Å². The number of hydrogen-bond donors (Lipinski definition) is 1. The molecule has 1 heterocycles. The molecule has 1 aliphatic heterocycles. The Morgan fingerprint density at radius 2 is 1.56 bits per heavy atom. The Morgan fingerprint density at radius 3 is 2.24 bits per heavy atom. The van der Waals surface area contributed by atoms with Gasteiger partial charge in [-0.15, -0.1) is 0 Å². The van der Waals surface area contributed by atoms with Crippen LogP contribution in [-0.4, -0.2) is 65.8 Å². The second-order valence-corrected chi connectivity index (χ2v) is 9.27. The van der Waals surface area contributed by atoms with E-state index in [1.165, 1.54) is 16.7 Å². The number of carbonyl (C=O) groups excluding carboxylic acids is 1. The van der Waals surface area contributed by atoms with E-state index in [4.69, 9.17) is 18.9 Å². The summed E-state index contributed by atoms with van der Waals surface area (Å²) >= 11 is 0. The lowest BCUT2D eigenvalue weighted by Gasteiger charge is -2.34. The topological polar surface area (TPSA) is 69.3 Å². The maximum Gasteiger partial charge on any atom is 0.162 e. The van der Waals surface area contributed by atoms with Gasteiger partial charge in [-0.1, -0.05) is 0 Å². The first-order chi connectivity index (χ1) is 16.5. The number of Topliss-reactive ketones (excluding diaryl/α,β-unsaturated/α-hetero) is 1. The molecule has 0 fully saturated rings. The van der Waals surface area contributed by atoms with E-state index >= 15 is 0 Å². The molecule has 0 bridgehead atoms. The fourth-order valence-corrected chi connectivity index (χ4v) is 5.11. The van der Waals surface area contributed by atoms with Crippen LogP contribution < -0.4 is 24.3 Å². The standard InChI is InChI=1S/C27H36N2O5/c1-29(16-20-10-19-12-25(32-3)26(33-4)13-21(19)20)9-8-23(30)18-7-6-17-11-24(31-2)27(34-5)14-22(17)28-15-18/h11-14,18,20,28H,6-10,15-16H2,1-5H3. The van der Waals surface area contributed by atoms with Crippen LogP contribution in [0, 0.1) is 5.92 Å². The van der Waals surface area contributed by atoms with Crippen molar-refractivity contribution in [1.29, 1.82) is 0 Å². The van der Waals surface area contributed by atoms with Crippen LogP contribution in [0.2, 0.25) is 0 Å². The normalized spacial score (nSPS) is 18.6. The molecule has 0 radical (unpaired) electrons. The molecule has 1 aliphatic carbocycles. The van der Waals surface area contributed by atoms with Crippen molar-refractivity contribution in [3.8, 4) is 23.0 Å². The summed E-state index contributed by atoms with van der Waals surface area (Å²) in [4.78, 5) is 15.3. The van der Waals surface area contributed by atoms with Gasteiger partial charge in [0.1, 0.15) is 5.78 Å². The molecule has 2 unspecified atom stereocenters. The highest BCUT2D eigenvalue weighted by Gasteiger charge is 2.30. The highest BCUT2D eigenvalue weighted by Crippen LogP contribution is 2.42. The Bertz CT molecular complexity index is 1000. The van der Waals surface area contributed by atoms with E-state index in [2.05, 4.69) is 29.4 Å². The second-order valence-electron chi connectivity index (χ2n) is 9.27. The van der Waals surface area contributed by atoms with Crippen molar-refractivity contribution in [2.45, 2.75) is 31.6 Å². The first-order valence-corrected chi connectivity index (χ1v) is 11.9. The third kappa shape index (κ3) is 4.94. The lowest BCUT2D eigenvalue weighted by molar-refractivity contribution is -0.122. The summed E-state index contributed by atoms with van der Waals surface area (Å²) in [6.07, 6.45) is 3.29. The van der Waals surface area contributed by atoms with Crippen LogP contribution in [-0.2, 0) is 17.6 Å². The minimum Gasteiger partial charge on any atom is -0.493 e. The van der Waals surface area contributed by atoms with E-state index in [0.717, 1.165) is 55.3 Å². The Balaban J connectivity index is 1.28. The molecule has 2 aromatic rings. The second kappa shape index (κ2) is 10.6. The third-order valence-electron chi connectivity index (χ3n) is 7.19. The highest BCUT2D eigenvalue weighted by molar-refractivity contribution is 5.82. The number of ether oxygens (including phenoxy) is 4. The van der Waals surface area contributed by atoms with Crippen molar-refractivity contribution in [3.63, 3.8) is 0 Å². The van der Waals surface area contributed by atoms with Gasteiger partial charge in [-0.25, -0.2) is 0 Å². The minimum absolute atomic E-state index is 0.0129. The summed E-state index contributed by atoms with van der Waals surface area (Å²) in [5.74, 6) is 3.80. The number of aryl methyl sites for hydroxylation is 1. The number of rotatable bonds is 10. The molecule has 2 atom stereocenters. The summed E-state index contributed by atoms with van der Waals surface area (Å²) in [5.41, 5.74) is 4.85. The number of anilines is 1. The molecule has 7 nitrogen and oxygen atoms in total. The molecular weight excluding hydrogens is 432 g/mol. The maximum absolute atomic E-state index is 13.0. The van der Waals surface area contributed by atoms with Gasteiger partial charge in [-0.05, 0) is 61.2 Å². The zero-order chi connectivity index (χ0) is 24.2. The summed E-state index contributed by atoms with van der Waals surface area (Å²) in [6, 6.07) is 8.16. The lowest BCUT2D eigenvalue weighted by Crippen LogP contribution is -2.33. The number of nitrogens with zero attached hydrogens (tertiary/aromatic N) is 1. The number of methoxy groups -OCH3 is 4. The Labute approximate surface area is 202 Å². The van der Waals surface area contributed by atoms with Crippen molar-refractivity contribution < 1.29 is 23.7 Å². The molecule has 184 valence electrons. The minimum atomic E-state index is 0.0129. The number of ketones is 1. The van der Waals surface area contributed by atoms with Crippen molar-refractivity contribution in [3.05, 3.63) is 41.0 Å². The Hall–Kier alpha value is -2.93. The molecule has 0 saturated carbocycles. The van der Waals surface area contributed by atoms with Crippen molar-refractivity contribution in [1.82, 2.24) is 4.90 Å². The van der Waals surface area contributed by atoms with E-state index in [1.54, 1.807) is 28.4 Å². The van der Waals surface area contributed by atoms with Crippen molar-refractivity contribution in [2.75, 3.05) is 60.4 Å². The molecule has 7 heteroatoms. The molecule has 1 N–H and O–H groups in total. The number of likely N-dealkylation sites (N-methyl/N-ethyl adjacent to an activating group) is 1. The Morgan fingerprint density at radius 1 is 0.941 bits per heavy atom. The maximum atomic E-state index is 13.0. The van der Waals surface area contributed by atoms with Gasteiger partial charge in [0.25, 0.3) is 0 Å². The predicted octanol–water partition coefficient (Wildman–Crippen LogP) is 3.93. The van der Waals surface area contributed by atoms with E-state index < -0.39 is 0 Å². The van der Waals surface area contributed by atoms with Gasteiger partial charge in [-0.2, -0.15) is 0 Å². The third-order valence-corrected chi connectivity index (χ3v) is 7.19. The van der Waals surface area contributed by atoms with E-state index in [1.807, 2.05) is 12.1 Å². The van der Waals surface area contributed by atoms with Crippen LogP contribution >= 0.6 is 0 Å². The van der Waals surface area contributed by atoms with Gasteiger partial charge < -0.3 is 29.2 Å². The van der Waals surface area contributed by atoms with Crippen LogP contribution in [0.5, 0.6) is 23.0 Å². The largest absolute Gasteiger partial charge is 0.493 e. The average Bonchev–Trinajstić information content (AvgIpc) is 3.06. The molecule has 2 aromatic carbocycles. The van der Waals surface area contributed by atoms with E-state index in [-0.39, 0.29) is 5.92 Å². The average molecular weight is 469 g/mol. The highest BCUT2D eigenvalue weighted by atomic mass is 16.5. The summed E-state index contributed by atoms with van der Waals surface area (Å²) in [7, 11) is 8.72. The van der Waals surface area contributed by atoms with Gasteiger partial charge in [0, 0.05) is 49.6 Å². The number of nitrogens with one attached hydrogen (secondary N) is 1. The summed E-state index contributed by atoms with van der Waals surface area (Å²) in [6.45, 7) is 2.36. The molecule has 4 rings (SSSR count). The number of fused-ring (bicyclic) bond motifs is 2. The fraction of sp³-hybridized carbons (Fsp3) is 0.519. The predicted molar refractivity (Wildman–Crippen MR) is 133 cm³/mol. The smallest absolute Gasteiger partial charge is 0.162 e. The molecule has 0 saturated heterocycles. The molecule has 0 spiro atoms. The number of carbonyl (C=O) groups is 1. The van der Waals surface area contributed by atoms with Gasteiger partial charge in [-0.3, -0.25) is 4.79 Å². The quantitative estimate of drug-likeness (QED) is 0.567. The van der Waals surface area contributed by atoms with Crippen LogP contribution in [0.3, 0.4) is 0 Å². The van der Waals surface area contributed by atoms with Crippen molar-refractivity contribution in [2.24, 2.45) is 5.92 Å². The number of hydrogen-bond acceptors (Lipinski definition) is 7. The van der Waals surface area contributed by atoms with Crippen molar-refractivity contribution >= 4 is 11.5 Å². The molecule has 34 heavy (non-hydrogen) atoms. The summed E-state index contributed by atoms with van der Waals surface area (Å²) < 4.78 is 21.7. The van der Waals surface area contributed by atoms with Gasteiger partial charge >= 0.3 is 0 Å². The lowest BCUT2D eigenvalue weighted by atomic mass is 9.77. The van der Waals surface area contributed by atoms with E-state index in [9.17, 15) is 4.79 Å². The van der Waals surface area contributed by atoms with Crippen LogP contribution in [0.4, 0.5) is 5.69 Å². The zero-order valence-electron chi connectivity index (χ0n) is 20.9. The van der Waals surface area contributed by atoms with Crippen LogP contribution in [0.25, 0.3) is 0 Å². The molecule has 0 aromatic heterocycles. The molecular formula is C27H36N2O5. The van der Waals surface area contributed by atoms with E-state index in [0.29, 0.717) is 30.4 Å². The first-order valence-electron chi connectivity index (χ1n) is 11.9. The molecule has 0 amide bonds. The van der Waals surface area contributed by atoms with Crippen LogP contribution in [0.1, 0.15) is 35.4 Å². The zero-order valence-corrected chi connectivity index (χ0v) is 20.9. The fourth-order valence-electron chi connectivity index (χ4n) is 5.11. The first kappa shape index (κ1) is 24.2. The molecule has 2 aliphatic rings.